The third-order valence-corrected chi connectivity index (χ3v) is 5.54. The summed E-state index contributed by atoms with van der Waals surface area (Å²) in [6.07, 6.45) is 5.48. The number of hydrogen-bond acceptors (Lipinski definition) is 7. The van der Waals surface area contributed by atoms with Crippen molar-refractivity contribution in [3.05, 3.63) is 54.9 Å². The topological polar surface area (TPSA) is 92.0 Å². The number of phenolic OH excluding ortho intramolecular Hbond substituents is 1. The number of hydrogen-bond donors (Lipinski definition) is 2. The Morgan fingerprint density at radius 3 is 2.60 bits per heavy atom. The molecule has 1 fully saturated rings. The van der Waals surface area contributed by atoms with E-state index >= 15 is 0 Å². The lowest BCUT2D eigenvalue weighted by molar-refractivity contribution is 0.261. The van der Waals surface area contributed by atoms with Crippen LogP contribution in [0.15, 0.2) is 54.9 Å². The molecule has 0 spiro atoms. The average molecular weight is 401 g/mol. The number of likely N-dealkylation sites (tertiary alicyclic amines) is 1. The highest BCUT2D eigenvalue weighted by Crippen LogP contribution is 2.35. The highest BCUT2D eigenvalue weighted by atomic mass is 16.3. The van der Waals surface area contributed by atoms with Gasteiger partial charge in [-0.25, -0.2) is 0 Å². The summed E-state index contributed by atoms with van der Waals surface area (Å²) in [6.45, 7) is 2.12. The number of rotatable bonds is 4. The number of benzene rings is 2. The van der Waals surface area contributed by atoms with Crippen LogP contribution in [0.5, 0.6) is 5.75 Å². The minimum absolute atomic E-state index is 0.110. The first-order valence-corrected chi connectivity index (χ1v) is 10.1. The maximum atomic E-state index is 10.7. The van der Waals surface area contributed by atoms with Crippen molar-refractivity contribution >= 4 is 16.6 Å². The molecule has 30 heavy (non-hydrogen) atoms. The Bertz CT molecular complexity index is 1180. The maximum absolute atomic E-state index is 10.7. The molecule has 1 aliphatic rings. The fourth-order valence-corrected chi connectivity index (χ4v) is 4.08. The van der Waals surface area contributed by atoms with Crippen LogP contribution in [-0.4, -0.2) is 61.4 Å². The second-order valence-corrected chi connectivity index (χ2v) is 7.71. The molecule has 3 heterocycles. The van der Waals surface area contributed by atoms with Gasteiger partial charge < -0.3 is 15.3 Å². The zero-order chi connectivity index (χ0) is 20.5. The van der Waals surface area contributed by atoms with Crippen molar-refractivity contribution in [2.24, 2.45) is 0 Å². The second kappa shape index (κ2) is 7.72. The molecule has 0 aliphatic carbocycles. The standard InChI is InChI=1S/C22H23N7O/c1-28-12-4-5-15(14-28)25-22-18-7-3-2-6-17(18)21(26-27-22)19-9-8-16(13-20(19)30)29-23-10-11-24-29/h2-3,6-11,13,15,30H,4-5,12,14H2,1H3,(H,25,27). The van der Waals surface area contributed by atoms with Crippen molar-refractivity contribution in [2.75, 3.05) is 25.5 Å². The van der Waals surface area contributed by atoms with Gasteiger partial charge in [-0.1, -0.05) is 24.3 Å². The van der Waals surface area contributed by atoms with Crippen molar-refractivity contribution in [2.45, 2.75) is 18.9 Å². The first kappa shape index (κ1) is 18.5. The highest BCUT2D eigenvalue weighted by molar-refractivity contribution is 6.01. The van der Waals surface area contributed by atoms with E-state index in [1.165, 1.54) is 11.2 Å². The Balaban J connectivity index is 1.53. The van der Waals surface area contributed by atoms with Gasteiger partial charge >= 0.3 is 0 Å². The molecule has 152 valence electrons. The number of fused-ring (bicyclic) bond motifs is 1. The van der Waals surface area contributed by atoms with E-state index in [0.717, 1.165) is 36.1 Å². The number of phenols is 1. The Kier molecular flexibility index (Phi) is 4.76. The van der Waals surface area contributed by atoms with Crippen LogP contribution in [0.4, 0.5) is 5.82 Å². The first-order valence-electron chi connectivity index (χ1n) is 10.1. The quantitative estimate of drug-likeness (QED) is 0.543. The Morgan fingerprint density at radius 2 is 1.83 bits per heavy atom. The SMILES string of the molecule is CN1CCCC(Nc2nnc(-c3ccc(-n4nccn4)cc3O)c3ccccc23)C1. The Morgan fingerprint density at radius 1 is 1.03 bits per heavy atom. The van der Waals surface area contributed by atoms with Crippen LogP contribution < -0.4 is 5.32 Å². The summed E-state index contributed by atoms with van der Waals surface area (Å²) in [6, 6.07) is 13.7. The fourth-order valence-electron chi connectivity index (χ4n) is 4.08. The van der Waals surface area contributed by atoms with Crippen LogP contribution in [-0.2, 0) is 0 Å². The molecule has 5 rings (SSSR count). The summed E-state index contributed by atoms with van der Waals surface area (Å²) in [5.41, 5.74) is 1.95. The van der Waals surface area contributed by atoms with Crippen molar-refractivity contribution in [1.82, 2.24) is 30.1 Å². The number of likely N-dealkylation sites (N-methyl/N-ethyl adjacent to an activating group) is 1. The molecular weight excluding hydrogens is 378 g/mol. The number of aromatic hydroxyl groups is 1. The zero-order valence-corrected chi connectivity index (χ0v) is 16.7. The molecule has 0 bridgehead atoms. The van der Waals surface area contributed by atoms with Crippen LogP contribution in [0.3, 0.4) is 0 Å². The predicted octanol–water partition coefficient (Wildman–Crippen LogP) is 3.09. The number of piperidine rings is 1. The molecule has 1 saturated heterocycles. The van der Waals surface area contributed by atoms with Gasteiger partial charge in [0.2, 0.25) is 0 Å². The predicted molar refractivity (Wildman–Crippen MR) is 116 cm³/mol. The van der Waals surface area contributed by atoms with Crippen molar-refractivity contribution in [3.8, 4) is 22.7 Å². The van der Waals surface area contributed by atoms with E-state index in [2.05, 4.69) is 37.7 Å². The van der Waals surface area contributed by atoms with E-state index in [1.54, 1.807) is 18.5 Å². The lowest BCUT2D eigenvalue weighted by atomic mass is 10.0. The molecule has 8 heteroatoms. The van der Waals surface area contributed by atoms with Crippen molar-refractivity contribution < 1.29 is 5.11 Å². The molecule has 1 aliphatic heterocycles. The fraction of sp³-hybridized carbons (Fsp3) is 0.273. The third-order valence-electron chi connectivity index (χ3n) is 5.54. The van der Waals surface area contributed by atoms with Crippen molar-refractivity contribution in [1.29, 1.82) is 0 Å². The van der Waals surface area contributed by atoms with Gasteiger partial charge in [-0.2, -0.15) is 15.0 Å². The summed E-state index contributed by atoms with van der Waals surface area (Å²) < 4.78 is 0. The van der Waals surface area contributed by atoms with Gasteiger partial charge in [0.15, 0.2) is 5.82 Å². The van der Waals surface area contributed by atoms with Crippen LogP contribution in [0.25, 0.3) is 27.7 Å². The first-order chi connectivity index (χ1) is 14.7. The number of aromatic nitrogens is 5. The molecule has 2 aromatic heterocycles. The van der Waals surface area contributed by atoms with Gasteiger partial charge in [-0.15, -0.1) is 10.2 Å². The summed E-state index contributed by atoms with van der Waals surface area (Å²) in [4.78, 5) is 3.79. The number of nitrogens with one attached hydrogen (secondary N) is 1. The largest absolute Gasteiger partial charge is 0.507 e. The van der Waals surface area contributed by atoms with Gasteiger partial charge in [0.25, 0.3) is 0 Å². The van der Waals surface area contributed by atoms with E-state index < -0.39 is 0 Å². The van der Waals surface area contributed by atoms with Crippen LogP contribution in [0, 0.1) is 0 Å². The van der Waals surface area contributed by atoms with Gasteiger partial charge in [0, 0.05) is 35.0 Å². The van der Waals surface area contributed by atoms with E-state index in [-0.39, 0.29) is 5.75 Å². The monoisotopic (exact) mass is 401 g/mol. The summed E-state index contributed by atoms with van der Waals surface area (Å²) in [7, 11) is 2.14. The molecule has 0 radical (unpaired) electrons. The molecule has 0 amide bonds. The lowest BCUT2D eigenvalue weighted by Crippen LogP contribution is -2.40. The summed E-state index contributed by atoms with van der Waals surface area (Å²) in [5, 5.41) is 33.4. The normalized spacial score (nSPS) is 17.3. The second-order valence-electron chi connectivity index (χ2n) is 7.71. The molecule has 8 nitrogen and oxygen atoms in total. The van der Waals surface area contributed by atoms with Crippen LogP contribution in [0.1, 0.15) is 12.8 Å². The Labute approximate surface area is 174 Å². The summed E-state index contributed by atoms with van der Waals surface area (Å²) >= 11 is 0. The van der Waals surface area contributed by atoms with E-state index in [4.69, 9.17) is 0 Å². The minimum atomic E-state index is 0.110. The smallest absolute Gasteiger partial charge is 0.156 e. The van der Waals surface area contributed by atoms with Gasteiger partial charge in [-0.3, -0.25) is 0 Å². The number of anilines is 1. The lowest BCUT2D eigenvalue weighted by Gasteiger charge is -2.30. The third kappa shape index (κ3) is 3.46. The number of nitrogens with zero attached hydrogens (tertiary/aromatic N) is 6. The maximum Gasteiger partial charge on any atom is 0.156 e. The molecule has 1 atom stereocenters. The molecule has 2 N–H and O–H groups in total. The van der Waals surface area contributed by atoms with Gasteiger partial charge in [0.1, 0.15) is 11.4 Å². The highest BCUT2D eigenvalue weighted by Gasteiger charge is 2.20. The molecule has 2 aromatic carbocycles. The Hall–Kier alpha value is -3.52. The molecule has 0 saturated carbocycles. The van der Waals surface area contributed by atoms with E-state index in [0.29, 0.717) is 23.0 Å². The average Bonchev–Trinajstić information content (AvgIpc) is 3.29. The molecular formula is C22H23N7O. The molecule has 1 unspecified atom stereocenters. The minimum Gasteiger partial charge on any atom is -0.507 e. The van der Waals surface area contributed by atoms with Crippen LogP contribution in [0.2, 0.25) is 0 Å². The van der Waals surface area contributed by atoms with Gasteiger partial charge in [0.05, 0.1) is 18.1 Å². The van der Waals surface area contributed by atoms with E-state index in [9.17, 15) is 5.11 Å². The van der Waals surface area contributed by atoms with E-state index in [1.807, 2.05) is 36.4 Å². The zero-order valence-electron chi connectivity index (χ0n) is 16.7. The van der Waals surface area contributed by atoms with Crippen LogP contribution >= 0.6 is 0 Å². The van der Waals surface area contributed by atoms with Crippen molar-refractivity contribution in [3.63, 3.8) is 0 Å². The van der Waals surface area contributed by atoms with Gasteiger partial charge in [-0.05, 0) is 38.6 Å². The summed E-state index contributed by atoms with van der Waals surface area (Å²) in [5.74, 6) is 0.894. The molecule has 4 aromatic rings.